The van der Waals surface area contributed by atoms with Crippen LogP contribution in [-0.2, 0) is 6.42 Å². The first-order chi connectivity index (χ1) is 10.0. The van der Waals surface area contributed by atoms with Crippen LogP contribution in [0, 0.1) is 0 Å². The second kappa shape index (κ2) is 6.93. The molecule has 1 heterocycles. The molecule has 2 rings (SSSR count). The van der Waals surface area contributed by atoms with E-state index in [4.69, 9.17) is 17.4 Å². The molecule has 0 radical (unpaired) electrons. The summed E-state index contributed by atoms with van der Waals surface area (Å²) in [4.78, 5) is 15.6. The number of carbonyl (C=O) groups excluding carboxylic acids is 1. The maximum atomic E-state index is 12.6. The molecule has 6 heteroatoms. The molecule has 0 bridgehead atoms. The normalized spacial score (nSPS) is 12.0. The predicted molar refractivity (Wildman–Crippen MR) is 88.8 cm³/mol. The summed E-state index contributed by atoms with van der Waals surface area (Å²) in [6, 6.07) is 9.21. The largest absolute Gasteiger partial charge is 0.339 e. The summed E-state index contributed by atoms with van der Waals surface area (Å²) in [6.07, 6.45) is 0.825. The van der Waals surface area contributed by atoms with Crippen molar-refractivity contribution in [2.24, 2.45) is 5.84 Å². The van der Waals surface area contributed by atoms with Crippen LogP contribution in [-0.4, -0.2) is 23.9 Å². The number of rotatable bonds is 5. The smallest absolute Gasteiger partial charge is 0.256 e. The number of nitrogen functional groups attached to an aromatic ring is 1. The molecule has 0 spiro atoms. The number of halogens is 1. The number of anilines is 1. The summed E-state index contributed by atoms with van der Waals surface area (Å²) < 4.78 is 0. The number of hydrogen-bond acceptors (Lipinski definition) is 4. The van der Waals surface area contributed by atoms with Crippen LogP contribution < -0.4 is 11.3 Å². The van der Waals surface area contributed by atoms with E-state index in [2.05, 4.69) is 11.5 Å². The van der Waals surface area contributed by atoms with Gasteiger partial charge < -0.3 is 10.3 Å². The van der Waals surface area contributed by atoms with Crippen molar-refractivity contribution in [3.8, 4) is 0 Å². The average molecular weight is 324 g/mol. The van der Waals surface area contributed by atoms with Gasteiger partial charge in [0.2, 0.25) is 0 Å². The quantitative estimate of drug-likeness (QED) is 0.655. The Morgan fingerprint density at radius 2 is 2.24 bits per heavy atom. The van der Waals surface area contributed by atoms with Crippen LogP contribution in [0.5, 0.6) is 0 Å². The number of hydrazine groups is 1. The first-order valence-corrected chi connectivity index (χ1v) is 7.84. The Labute approximate surface area is 133 Å². The second-order valence-electron chi connectivity index (χ2n) is 4.88. The van der Waals surface area contributed by atoms with E-state index in [0.29, 0.717) is 16.3 Å². The van der Waals surface area contributed by atoms with Gasteiger partial charge in [-0.05, 0) is 36.6 Å². The van der Waals surface area contributed by atoms with E-state index < -0.39 is 0 Å². The van der Waals surface area contributed by atoms with Crippen molar-refractivity contribution in [2.45, 2.75) is 19.4 Å². The molecule has 1 atom stereocenters. The zero-order chi connectivity index (χ0) is 15.4. The predicted octanol–water partition coefficient (Wildman–Crippen LogP) is 3.39. The van der Waals surface area contributed by atoms with E-state index in [-0.39, 0.29) is 11.9 Å². The molecule has 0 saturated heterocycles. The van der Waals surface area contributed by atoms with Gasteiger partial charge in [0.1, 0.15) is 0 Å². The van der Waals surface area contributed by atoms with Gasteiger partial charge in [0.25, 0.3) is 5.91 Å². The van der Waals surface area contributed by atoms with Gasteiger partial charge >= 0.3 is 0 Å². The van der Waals surface area contributed by atoms with Crippen molar-refractivity contribution in [3.63, 3.8) is 0 Å². The topological polar surface area (TPSA) is 58.4 Å². The zero-order valence-corrected chi connectivity index (χ0v) is 13.5. The molecule has 0 saturated carbocycles. The monoisotopic (exact) mass is 323 g/mol. The summed E-state index contributed by atoms with van der Waals surface area (Å²) in [5.41, 5.74) is 3.59. The molecule has 21 heavy (non-hydrogen) atoms. The summed E-state index contributed by atoms with van der Waals surface area (Å²) in [7, 11) is 1.79. The Bertz CT molecular complexity index is 615. The number of thiophene rings is 1. The van der Waals surface area contributed by atoms with E-state index in [1.165, 1.54) is 4.88 Å². The number of carbonyl (C=O) groups is 1. The fourth-order valence-electron chi connectivity index (χ4n) is 2.07. The molecule has 3 N–H and O–H groups in total. The van der Waals surface area contributed by atoms with Gasteiger partial charge in [-0.2, -0.15) is 0 Å². The van der Waals surface area contributed by atoms with E-state index in [1.54, 1.807) is 41.5 Å². The fourth-order valence-corrected chi connectivity index (χ4v) is 3.06. The van der Waals surface area contributed by atoms with E-state index in [0.717, 1.165) is 6.42 Å². The number of likely N-dealkylation sites (N-methyl/N-ethyl adjacent to an activating group) is 1. The molecule has 2 aromatic rings. The van der Waals surface area contributed by atoms with Gasteiger partial charge in [0.15, 0.2) is 0 Å². The maximum Gasteiger partial charge on any atom is 0.256 e. The third-order valence-electron chi connectivity index (χ3n) is 3.43. The fraction of sp³-hybridized carbons (Fsp3) is 0.267. The molecule has 0 fully saturated rings. The number of benzene rings is 1. The second-order valence-corrected chi connectivity index (χ2v) is 6.35. The number of nitrogens with two attached hydrogens (primary N) is 1. The molecule has 0 aliphatic carbocycles. The zero-order valence-electron chi connectivity index (χ0n) is 12.0. The maximum absolute atomic E-state index is 12.6. The van der Waals surface area contributed by atoms with Crippen LogP contribution in [0.15, 0.2) is 35.7 Å². The molecule has 1 aromatic heterocycles. The van der Waals surface area contributed by atoms with Crippen LogP contribution >= 0.6 is 22.9 Å². The van der Waals surface area contributed by atoms with Crippen LogP contribution in [0.3, 0.4) is 0 Å². The van der Waals surface area contributed by atoms with Crippen molar-refractivity contribution in [1.82, 2.24) is 4.90 Å². The third kappa shape index (κ3) is 3.75. The molecular weight excluding hydrogens is 306 g/mol. The van der Waals surface area contributed by atoms with Gasteiger partial charge in [-0.3, -0.25) is 10.6 Å². The van der Waals surface area contributed by atoms with Gasteiger partial charge in [-0.1, -0.05) is 17.7 Å². The third-order valence-corrected chi connectivity index (χ3v) is 4.56. The lowest BCUT2D eigenvalue weighted by molar-refractivity contribution is 0.0745. The van der Waals surface area contributed by atoms with Crippen LogP contribution in [0.2, 0.25) is 5.02 Å². The summed E-state index contributed by atoms with van der Waals surface area (Å²) in [6.45, 7) is 2.03. The standard InChI is InChI=1S/C15H18ClN3OS/c1-10(8-12-4-3-7-21-12)19(2)15(20)13-9-11(16)5-6-14(13)18-17/h3-7,9-10,18H,8,17H2,1-2H3. The van der Waals surface area contributed by atoms with Crippen LogP contribution in [0.1, 0.15) is 22.2 Å². The van der Waals surface area contributed by atoms with E-state index in [9.17, 15) is 4.79 Å². The van der Waals surface area contributed by atoms with Crippen molar-refractivity contribution >= 4 is 34.5 Å². The average Bonchev–Trinajstić information content (AvgIpc) is 2.98. The highest BCUT2D eigenvalue weighted by Crippen LogP contribution is 2.23. The lowest BCUT2D eigenvalue weighted by Gasteiger charge is -2.25. The van der Waals surface area contributed by atoms with Gasteiger partial charge in [-0.25, -0.2) is 0 Å². The van der Waals surface area contributed by atoms with E-state index >= 15 is 0 Å². The van der Waals surface area contributed by atoms with Crippen molar-refractivity contribution in [3.05, 3.63) is 51.2 Å². The molecule has 0 aliphatic heterocycles. The highest BCUT2D eigenvalue weighted by atomic mass is 35.5. The van der Waals surface area contributed by atoms with E-state index in [1.807, 2.05) is 18.4 Å². The SMILES string of the molecule is CC(Cc1cccs1)N(C)C(=O)c1cc(Cl)ccc1NN. The van der Waals surface area contributed by atoms with Gasteiger partial charge in [0.05, 0.1) is 11.3 Å². The number of hydrogen-bond donors (Lipinski definition) is 2. The van der Waals surface area contributed by atoms with Crippen molar-refractivity contribution in [1.29, 1.82) is 0 Å². The lowest BCUT2D eigenvalue weighted by atomic mass is 10.1. The van der Waals surface area contributed by atoms with Gasteiger partial charge in [-0.15, -0.1) is 11.3 Å². The number of nitrogens with zero attached hydrogens (tertiary/aromatic N) is 1. The highest BCUT2D eigenvalue weighted by molar-refractivity contribution is 7.09. The lowest BCUT2D eigenvalue weighted by Crippen LogP contribution is -2.36. The highest BCUT2D eigenvalue weighted by Gasteiger charge is 2.21. The summed E-state index contributed by atoms with van der Waals surface area (Å²) in [5.74, 6) is 5.36. The molecule has 112 valence electrons. The summed E-state index contributed by atoms with van der Waals surface area (Å²) >= 11 is 7.67. The molecule has 0 aliphatic rings. The molecule has 1 amide bonds. The number of nitrogens with one attached hydrogen (secondary N) is 1. The van der Waals surface area contributed by atoms with Crippen molar-refractivity contribution < 1.29 is 4.79 Å². The summed E-state index contributed by atoms with van der Waals surface area (Å²) in [5, 5.41) is 2.55. The number of amides is 1. The van der Waals surface area contributed by atoms with Crippen molar-refractivity contribution in [2.75, 3.05) is 12.5 Å². The Morgan fingerprint density at radius 1 is 1.48 bits per heavy atom. The minimum Gasteiger partial charge on any atom is -0.339 e. The minimum absolute atomic E-state index is 0.0840. The van der Waals surface area contributed by atoms with Crippen LogP contribution in [0.25, 0.3) is 0 Å². The first kappa shape index (κ1) is 15.8. The minimum atomic E-state index is -0.102. The first-order valence-electron chi connectivity index (χ1n) is 6.58. The molecule has 4 nitrogen and oxygen atoms in total. The molecule has 1 unspecified atom stereocenters. The Balaban J connectivity index is 2.16. The Hall–Kier alpha value is -1.56. The Kier molecular flexibility index (Phi) is 5.22. The molecule has 1 aromatic carbocycles. The molecular formula is C15H18ClN3OS. The van der Waals surface area contributed by atoms with Crippen LogP contribution in [0.4, 0.5) is 5.69 Å². The Morgan fingerprint density at radius 3 is 2.86 bits per heavy atom. The van der Waals surface area contributed by atoms with Gasteiger partial charge in [0, 0.05) is 29.4 Å².